The molecule has 0 bridgehead atoms. The third-order valence-electron chi connectivity index (χ3n) is 3.46. The molecule has 94 valence electrons. The van der Waals surface area contributed by atoms with Crippen LogP contribution in [0.3, 0.4) is 0 Å². The van der Waals surface area contributed by atoms with Crippen molar-refractivity contribution in [1.29, 1.82) is 0 Å². The van der Waals surface area contributed by atoms with Crippen molar-refractivity contribution in [3.8, 4) is 5.75 Å². The maximum Gasteiger partial charge on any atom is 0.142 e. The Labute approximate surface area is 107 Å². The van der Waals surface area contributed by atoms with Gasteiger partial charge in [-0.05, 0) is 43.5 Å². The van der Waals surface area contributed by atoms with Crippen molar-refractivity contribution < 1.29 is 4.74 Å². The largest absolute Gasteiger partial charge is 0.495 e. The molecule has 4 heteroatoms. The van der Waals surface area contributed by atoms with Crippen molar-refractivity contribution in [3.05, 3.63) is 23.2 Å². The van der Waals surface area contributed by atoms with Gasteiger partial charge in [-0.1, -0.05) is 18.0 Å². The van der Waals surface area contributed by atoms with Crippen LogP contribution in [-0.2, 0) is 0 Å². The third-order valence-corrected chi connectivity index (χ3v) is 3.70. The van der Waals surface area contributed by atoms with Crippen molar-refractivity contribution in [2.75, 3.05) is 19.0 Å². The molecule has 1 aromatic rings. The average Bonchev–Trinajstić information content (AvgIpc) is 2.77. The summed E-state index contributed by atoms with van der Waals surface area (Å²) in [5.74, 6) is 1.38. The van der Waals surface area contributed by atoms with E-state index in [-0.39, 0.29) is 0 Å². The molecular formula is C13H19ClN2O. The maximum absolute atomic E-state index is 6.01. The summed E-state index contributed by atoms with van der Waals surface area (Å²) >= 11 is 6.01. The van der Waals surface area contributed by atoms with E-state index in [0.717, 1.165) is 29.4 Å². The summed E-state index contributed by atoms with van der Waals surface area (Å²) < 4.78 is 5.33. The summed E-state index contributed by atoms with van der Waals surface area (Å²) in [7, 11) is 1.67. The molecule has 0 aliphatic heterocycles. The van der Waals surface area contributed by atoms with Gasteiger partial charge in [-0.15, -0.1) is 0 Å². The normalized spacial score (nSPS) is 23.7. The van der Waals surface area contributed by atoms with E-state index in [1.165, 1.54) is 12.8 Å². The lowest BCUT2D eigenvalue weighted by atomic mass is 10.0. The van der Waals surface area contributed by atoms with E-state index in [4.69, 9.17) is 22.1 Å². The van der Waals surface area contributed by atoms with Crippen LogP contribution >= 0.6 is 11.6 Å². The zero-order chi connectivity index (χ0) is 12.3. The van der Waals surface area contributed by atoms with Gasteiger partial charge in [0, 0.05) is 11.1 Å². The number of hydrogen-bond donors (Lipinski definition) is 2. The predicted molar refractivity (Wildman–Crippen MR) is 71.8 cm³/mol. The molecule has 17 heavy (non-hydrogen) atoms. The van der Waals surface area contributed by atoms with Crippen molar-refractivity contribution in [1.82, 2.24) is 0 Å². The predicted octanol–water partition coefficient (Wildman–Crippen LogP) is 2.89. The molecule has 3 nitrogen and oxygen atoms in total. The Morgan fingerprint density at radius 3 is 3.00 bits per heavy atom. The zero-order valence-electron chi connectivity index (χ0n) is 10.1. The number of rotatable bonds is 4. The molecule has 1 saturated carbocycles. The zero-order valence-corrected chi connectivity index (χ0v) is 10.8. The van der Waals surface area contributed by atoms with Crippen molar-refractivity contribution in [2.45, 2.75) is 25.3 Å². The van der Waals surface area contributed by atoms with E-state index in [1.807, 2.05) is 18.2 Å². The summed E-state index contributed by atoms with van der Waals surface area (Å²) in [5.41, 5.74) is 6.74. The van der Waals surface area contributed by atoms with Crippen LogP contribution in [0, 0.1) is 5.92 Å². The fraction of sp³-hybridized carbons (Fsp3) is 0.538. The molecule has 0 spiro atoms. The van der Waals surface area contributed by atoms with Crippen molar-refractivity contribution >= 4 is 17.3 Å². The van der Waals surface area contributed by atoms with Gasteiger partial charge < -0.3 is 15.8 Å². The summed E-state index contributed by atoms with van der Waals surface area (Å²) in [6, 6.07) is 6.07. The Morgan fingerprint density at radius 1 is 1.47 bits per heavy atom. The first-order valence-corrected chi connectivity index (χ1v) is 6.42. The number of anilines is 1. The van der Waals surface area contributed by atoms with Gasteiger partial charge in [0.25, 0.3) is 0 Å². The van der Waals surface area contributed by atoms with E-state index >= 15 is 0 Å². The quantitative estimate of drug-likeness (QED) is 0.869. The van der Waals surface area contributed by atoms with Crippen LogP contribution in [0.1, 0.15) is 19.3 Å². The molecule has 1 aliphatic carbocycles. The number of nitrogens with two attached hydrogens (primary N) is 1. The molecule has 0 amide bonds. The van der Waals surface area contributed by atoms with Gasteiger partial charge in [0.15, 0.2) is 0 Å². The highest BCUT2D eigenvalue weighted by Gasteiger charge is 2.26. The van der Waals surface area contributed by atoms with Gasteiger partial charge in [0.1, 0.15) is 5.75 Å². The Hall–Kier alpha value is -0.930. The van der Waals surface area contributed by atoms with Crippen LogP contribution < -0.4 is 15.8 Å². The van der Waals surface area contributed by atoms with Crippen LogP contribution in [-0.4, -0.2) is 19.7 Å². The summed E-state index contributed by atoms with van der Waals surface area (Å²) in [5, 5.41) is 4.23. The van der Waals surface area contributed by atoms with Crippen molar-refractivity contribution in [3.63, 3.8) is 0 Å². The number of nitrogens with one attached hydrogen (secondary N) is 1. The topological polar surface area (TPSA) is 47.3 Å². The second-order valence-corrected chi connectivity index (χ2v) is 4.96. The minimum absolute atomic E-state index is 0.437. The minimum Gasteiger partial charge on any atom is -0.495 e. The van der Waals surface area contributed by atoms with E-state index in [2.05, 4.69) is 5.32 Å². The van der Waals surface area contributed by atoms with Crippen LogP contribution in [0.5, 0.6) is 5.75 Å². The Balaban J connectivity index is 2.14. The third kappa shape index (κ3) is 2.85. The molecule has 2 rings (SSSR count). The van der Waals surface area contributed by atoms with Gasteiger partial charge in [0.2, 0.25) is 0 Å². The van der Waals surface area contributed by atoms with Crippen LogP contribution in [0.2, 0.25) is 5.02 Å². The molecule has 0 radical (unpaired) electrons. The van der Waals surface area contributed by atoms with E-state index < -0.39 is 0 Å². The number of benzene rings is 1. The lowest BCUT2D eigenvalue weighted by molar-refractivity contribution is 0.414. The number of halogens is 1. The molecule has 2 atom stereocenters. The lowest BCUT2D eigenvalue weighted by Gasteiger charge is -2.22. The number of methoxy groups -OCH3 is 1. The Kier molecular flexibility index (Phi) is 4.13. The molecule has 0 saturated heterocycles. The highest BCUT2D eigenvalue weighted by molar-refractivity contribution is 6.30. The Bertz CT molecular complexity index is 384. The fourth-order valence-corrected chi connectivity index (χ4v) is 2.67. The molecular weight excluding hydrogens is 236 g/mol. The highest BCUT2D eigenvalue weighted by atomic mass is 35.5. The monoisotopic (exact) mass is 254 g/mol. The summed E-state index contributed by atoms with van der Waals surface area (Å²) in [4.78, 5) is 0. The molecule has 1 aromatic carbocycles. The highest BCUT2D eigenvalue weighted by Crippen LogP contribution is 2.33. The standard InChI is InChI=1S/C13H19ClN2O/c1-17-13-6-5-10(14)7-12(13)16-11-4-2-3-9(11)8-15/h5-7,9,11,16H,2-4,8,15H2,1H3. The van der Waals surface area contributed by atoms with Crippen LogP contribution in [0.15, 0.2) is 18.2 Å². The van der Waals surface area contributed by atoms with E-state index in [1.54, 1.807) is 7.11 Å². The smallest absolute Gasteiger partial charge is 0.142 e. The molecule has 0 aromatic heterocycles. The van der Waals surface area contributed by atoms with Crippen molar-refractivity contribution in [2.24, 2.45) is 11.7 Å². The summed E-state index contributed by atoms with van der Waals surface area (Å²) in [6.45, 7) is 0.737. The maximum atomic E-state index is 6.01. The SMILES string of the molecule is COc1ccc(Cl)cc1NC1CCCC1CN. The molecule has 0 heterocycles. The van der Waals surface area contributed by atoms with Gasteiger partial charge in [-0.25, -0.2) is 0 Å². The van der Waals surface area contributed by atoms with Gasteiger partial charge in [-0.3, -0.25) is 0 Å². The van der Waals surface area contributed by atoms with Gasteiger partial charge in [-0.2, -0.15) is 0 Å². The first kappa shape index (κ1) is 12.5. The fourth-order valence-electron chi connectivity index (χ4n) is 2.50. The summed E-state index contributed by atoms with van der Waals surface area (Å²) in [6.07, 6.45) is 3.61. The minimum atomic E-state index is 0.437. The Morgan fingerprint density at radius 2 is 2.29 bits per heavy atom. The molecule has 2 unspecified atom stereocenters. The molecule has 1 aliphatic rings. The average molecular weight is 255 g/mol. The van der Waals surface area contributed by atoms with Crippen LogP contribution in [0.25, 0.3) is 0 Å². The lowest BCUT2D eigenvalue weighted by Crippen LogP contribution is -2.29. The number of hydrogen-bond acceptors (Lipinski definition) is 3. The first-order valence-electron chi connectivity index (χ1n) is 6.04. The second-order valence-electron chi connectivity index (χ2n) is 4.52. The first-order chi connectivity index (χ1) is 8.24. The molecule has 3 N–H and O–H groups in total. The van der Waals surface area contributed by atoms with Crippen LogP contribution in [0.4, 0.5) is 5.69 Å². The number of ether oxygens (including phenoxy) is 1. The second kappa shape index (κ2) is 5.61. The van der Waals surface area contributed by atoms with E-state index in [9.17, 15) is 0 Å². The van der Waals surface area contributed by atoms with Gasteiger partial charge in [0.05, 0.1) is 12.8 Å². The van der Waals surface area contributed by atoms with Gasteiger partial charge >= 0.3 is 0 Å². The molecule has 1 fully saturated rings. The van der Waals surface area contributed by atoms with E-state index in [0.29, 0.717) is 12.0 Å².